The number of benzene rings is 2. The van der Waals surface area contributed by atoms with Crippen molar-refractivity contribution in [1.82, 2.24) is 10.8 Å². The molecule has 0 spiro atoms. The molecule has 2 aromatic rings. The third-order valence-corrected chi connectivity index (χ3v) is 4.20. The molecule has 0 fully saturated rings. The molecule has 0 radical (unpaired) electrons. The average Bonchev–Trinajstić information content (AvgIpc) is 3.06. The van der Waals surface area contributed by atoms with E-state index in [1.165, 1.54) is 24.3 Å². The Morgan fingerprint density at radius 3 is 2.50 bits per heavy atom. The summed E-state index contributed by atoms with van der Waals surface area (Å²) >= 11 is 0. The van der Waals surface area contributed by atoms with E-state index in [0.717, 1.165) is 11.3 Å². The number of carbonyl (C=O) groups excluding carboxylic acids is 1. The molecule has 2 amide bonds. The lowest BCUT2D eigenvalue weighted by Crippen LogP contribution is -2.48. The van der Waals surface area contributed by atoms with Crippen LogP contribution in [0.4, 0.5) is 14.9 Å². The molecule has 2 atom stereocenters. The second-order valence-electron chi connectivity index (χ2n) is 5.80. The molecule has 1 aliphatic heterocycles. The van der Waals surface area contributed by atoms with Crippen LogP contribution in [-0.2, 0) is 0 Å². The number of aliphatic imine (C=N–C) groups is 1. The van der Waals surface area contributed by atoms with Crippen molar-refractivity contribution in [2.24, 2.45) is 4.99 Å². The predicted molar refractivity (Wildman–Crippen MR) is 95.3 cm³/mol. The Labute approximate surface area is 149 Å². The summed E-state index contributed by atoms with van der Waals surface area (Å²) in [5, 5.41) is 14.7. The summed E-state index contributed by atoms with van der Waals surface area (Å²) < 4.78 is 18.1. The van der Waals surface area contributed by atoms with Crippen LogP contribution in [0.5, 0.6) is 5.75 Å². The Kier molecular flexibility index (Phi) is 5.33. The van der Waals surface area contributed by atoms with Crippen LogP contribution >= 0.6 is 0 Å². The Bertz CT molecular complexity index is 793. The maximum absolute atomic E-state index is 13.0. The summed E-state index contributed by atoms with van der Waals surface area (Å²) in [6.07, 6.45) is 0. The molecular formula is C18H19FN4O3. The van der Waals surface area contributed by atoms with Crippen molar-refractivity contribution in [1.29, 1.82) is 0 Å². The van der Waals surface area contributed by atoms with Gasteiger partial charge in [0.1, 0.15) is 17.4 Å². The van der Waals surface area contributed by atoms with Crippen LogP contribution in [0.2, 0.25) is 0 Å². The van der Waals surface area contributed by atoms with Gasteiger partial charge >= 0.3 is 6.03 Å². The Balaban J connectivity index is 1.71. The third-order valence-electron chi connectivity index (χ3n) is 4.20. The van der Waals surface area contributed by atoms with Crippen molar-refractivity contribution < 1.29 is 19.1 Å². The monoisotopic (exact) mass is 358 g/mol. The van der Waals surface area contributed by atoms with Crippen LogP contribution in [0.3, 0.4) is 0 Å². The summed E-state index contributed by atoms with van der Waals surface area (Å²) in [7, 11) is 1.59. The Morgan fingerprint density at radius 1 is 1.19 bits per heavy atom. The highest BCUT2D eigenvalue weighted by atomic mass is 19.1. The molecule has 0 aliphatic carbocycles. The van der Waals surface area contributed by atoms with E-state index >= 15 is 0 Å². The normalized spacial score (nSPS) is 18.8. The van der Waals surface area contributed by atoms with Gasteiger partial charge in [-0.3, -0.25) is 15.7 Å². The van der Waals surface area contributed by atoms with Crippen molar-refractivity contribution >= 4 is 17.6 Å². The number of amidine groups is 1. The summed E-state index contributed by atoms with van der Waals surface area (Å²) in [4.78, 5) is 16.5. The number of halogens is 1. The molecule has 7 nitrogen and oxygen atoms in total. The number of hydrogen-bond acceptors (Lipinski definition) is 5. The minimum atomic E-state index is -0.533. The fourth-order valence-electron chi connectivity index (χ4n) is 2.86. The van der Waals surface area contributed by atoms with Gasteiger partial charge in [-0.25, -0.2) is 9.18 Å². The molecule has 2 aromatic carbocycles. The van der Waals surface area contributed by atoms with Crippen molar-refractivity contribution in [2.75, 3.05) is 19.0 Å². The summed E-state index contributed by atoms with van der Waals surface area (Å²) in [6.45, 7) is 0.413. The number of urea groups is 1. The maximum Gasteiger partial charge on any atom is 0.319 e. The standard InChI is InChI=1S/C18H19FN4O3/c1-26-14-8-2-11(3-9-14)15-10-20-17(23-25)16(15)22-18(24)21-13-6-4-12(19)5-7-13/h2-9,15-16,25H,10H2,1H3,(H,20,23)(H2,21,22,24)/t15-,16-/m0/s1. The maximum atomic E-state index is 13.0. The zero-order valence-corrected chi connectivity index (χ0v) is 14.1. The first-order valence-electron chi connectivity index (χ1n) is 8.02. The Morgan fingerprint density at radius 2 is 1.88 bits per heavy atom. The number of nitrogens with zero attached hydrogens (tertiary/aromatic N) is 1. The fraction of sp³-hybridized carbons (Fsp3) is 0.222. The number of methoxy groups -OCH3 is 1. The van der Waals surface area contributed by atoms with Gasteiger partial charge in [0.15, 0.2) is 0 Å². The van der Waals surface area contributed by atoms with E-state index in [2.05, 4.69) is 15.6 Å². The number of hydroxylamine groups is 1. The zero-order chi connectivity index (χ0) is 18.5. The average molecular weight is 358 g/mol. The third kappa shape index (κ3) is 3.92. The van der Waals surface area contributed by atoms with E-state index in [1.807, 2.05) is 29.7 Å². The molecule has 4 N–H and O–H groups in total. The number of ether oxygens (including phenoxy) is 1. The molecule has 1 aliphatic rings. The largest absolute Gasteiger partial charge is 0.497 e. The summed E-state index contributed by atoms with van der Waals surface area (Å²) in [6, 6.07) is 11.9. The molecule has 0 saturated carbocycles. The lowest BCUT2D eigenvalue weighted by molar-refractivity contribution is 0.227. The van der Waals surface area contributed by atoms with Gasteiger partial charge in [0.25, 0.3) is 0 Å². The number of carbonyl (C=O) groups is 1. The van der Waals surface area contributed by atoms with Crippen molar-refractivity contribution in [2.45, 2.75) is 12.0 Å². The first-order valence-corrected chi connectivity index (χ1v) is 8.02. The molecular weight excluding hydrogens is 339 g/mol. The molecule has 0 aromatic heterocycles. The van der Waals surface area contributed by atoms with Crippen LogP contribution in [0.1, 0.15) is 11.5 Å². The van der Waals surface area contributed by atoms with Crippen molar-refractivity contribution in [3.05, 3.63) is 59.9 Å². The van der Waals surface area contributed by atoms with Gasteiger partial charge in [0.2, 0.25) is 0 Å². The van der Waals surface area contributed by atoms with Crippen LogP contribution in [0.15, 0.2) is 53.5 Å². The molecule has 1 heterocycles. The molecule has 3 rings (SSSR count). The number of hydrogen-bond donors (Lipinski definition) is 4. The zero-order valence-electron chi connectivity index (χ0n) is 14.1. The van der Waals surface area contributed by atoms with E-state index < -0.39 is 12.1 Å². The second-order valence-corrected chi connectivity index (χ2v) is 5.80. The van der Waals surface area contributed by atoms with Crippen molar-refractivity contribution in [3.63, 3.8) is 0 Å². The topological polar surface area (TPSA) is 95.0 Å². The van der Waals surface area contributed by atoms with Gasteiger partial charge in [-0.15, -0.1) is 0 Å². The van der Waals surface area contributed by atoms with Gasteiger partial charge in [-0.2, -0.15) is 0 Å². The molecule has 0 bridgehead atoms. The van der Waals surface area contributed by atoms with Crippen LogP contribution in [-0.4, -0.2) is 36.8 Å². The lowest BCUT2D eigenvalue weighted by atomic mass is 9.93. The minimum Gasteiger partial charge on any atom is -0.497 e. The molecule has 0 saturated heterocycles. The number of anilines is 1. The molecule has 0 unspecified atom stereocenters. The van der Waals surface area contributed by atoms with Crippen molar-refractivity contribution in [3.8, 4) is 5.75 Å². The van der Waals surface area contributed by atoms with Gasteiger partial charge in [-0.1, -0.05) is 12.1 Å². The van der Waals surface area contributed by atoms with Crippen LogP contribution in [0.25, 0.3) is 0 Å². The van der Waals surface area contributed by atoms with Crippen LogP contribution < -0.4 is 20.9 Å². The molecule has 26 heavy (non-hydrogen) atoms. The highest BCUT2D eigenvalue weighted by molar-refractivity contribution is 5.96. The van der Waals surface area contributed by atoms with Gasteiger partial charge in [0, 0.05) is 11.6 Å². The summed E-state index contributed by atoms with van der Waals surface area (Å²) in [5.41, 5.74) is 3.45. The Hall–Kier alpha value is -3.13. The van der Waals surface area contributed by atoms with Crippen LogP contribution in [0, 0.1) is 5.82 Å². The van der Waals surface area contributed by atoms with E-state index in [0.29, 0.717) is 12.2 Å². The highest BCUT2D eigenvalue weighted by Crippen LogP contribution is 2.27. The predicted octanol–water partition coefficient (Wildman–Crippen LogP) is 2.50. The van der Waals surface area contributed by atoms with E-state index in [-0.39, 0.29) is 17.6 Å². The lowest BCUT2D eigenvalue weighted by Gasteiger charge is -2.22. The fourth-order valence-corrected chi connectivity index (χ4v) is 2.86. The van der Waals surface area contributed by atoms with E-state index in [1.54, 1.807) is 7.11 Å². The first kappa shape index (κ1) is 17.7. The van der Waals surface area contributed by atoms with E-state index in [9.17, 15) is 14.4 Å². The number of nitrogens with one attached hydrogen (secondary N) is 3. The smallest absolute Gasteiger partial charge is 0.319 e. The van der Waals surface area contributed by atoms with Gasteiger partial charge < -0.3 is 15.4 Å². The quantitative estimate of drug-likeness (QED) is 0.632. The van der Waals surface area contributed by atoms with Gasteiger partial charge in [-0.05, 0) is 42.0 Å². The minimum absolute atomic E-state index is 0.144. The number of rotatable bonds is 4. The molecule has 136 valence electrons. The SMILES string of the molecule is COc1ccc([C@@H]2CN=C(NO)[C@H]2NC(=O)Nc2ccc(F)cc2)cc1. The van der Waals surface area contributed by atoms with E-state index in [4.69, 9.17) is 4.74 Å². The highest BCUT2D eigenvalue weighted by Gasteiger charge is 2.34. The second kappa shape index (κ2) is 7.83. The first-order chi connectivity index (χ1) is 12.6. The van der Waals surface area contributed by atoms with Gasteiger partial charge in [0.05, 0.1) is 19.7 Å². The number of amides is 2. The molecule has 8 heteroatoms. The summed E-state index contributed by atoms with van der Waals surface area (Å²) in [5.74, 6) is 0.478.